The Morgan fingerprint density at radius 3 is 2.82 bits per heavy atom. The topological polar surface area (TPSA) is 68.0 Å². The Hall–Kier alpha value is -1.13. The van der Waals surface area contributed by atoms with Crippen molar-refractivity contribution in [1.29, 1.82) is 0 Å². The minimum atomic E-state index is -0.430. The third kappa shape index (κ3) is 2.42. The number of hydrogen-bond acceptors (Lipinski definition) is 3. The normalized spacial score (nSPS) is 18.0. The van der Waals surface area contributed by atoms with Crippen LogP contribution in [-0.2, 0) is 4.79 Å². The summed E-state index contributed by atoms with van der Waals surface area (Å²) in [6, 6.07) is 3.43. The standard InChI is InChI=1S/C12H16ClN3O/c13-9-4-3-7-15-10(9)16-11(17)12(8-14)5-1-2-6-12/h3-4,7H,1-2,5-6,8,14H2,(H,15,16,17). The molecule has 5 heteroatoms. The Labute approximate surface area is 106 Å². The molecule has 3 N–H and O–H groups in total. The van der Waals surface area contributed by atoms with Crippen molar-refractivity contribution in [1.82, 2.24) is 4.98 Å². The van der Waals surface area contributed by atoms with E-state index < -0.39 is 5.41 Å². The van der Waals surface area contributed by atoms with E-state index in [9.17, 15) is 4.79 Å². The molecule has 1 aromatic heterocycles. The zero-order chi connectivity index (χ0) is 12.3. The van der Waals surface area contributed by atoms with E-state index in [4.69, 9.17) is 17.3 Å². The summed E-state index contributed by atoms with van der Waals surface area (Å²) in [6.45, 7) is 0.378. The van der Waals surface area contributed by atoms with Gasteiger partial charge >= 0.3 is 0 Å². The molecule has 0 spiro atoms. The van der Waals surface area contributed by atoms with Crippen molar-refractivity contribution in [2.24, 2.45) is 11.1 Å². The molecule has 1 aromatic rings. The first kappa shape index (κ1) is 12.3. The Balaban J connectivity index is 2.14. The van der Waals surface area contributed by atoms with Crippen LogP contribution in [-0.4, -0.2) is 17.4 Å². The van der Waals surface area contributed by atoms with Gasteiger partial charge in [0.05, 0.1) is 10.4 Å². The van der Waals surface area contributed by atoms with E-state index >= 15 is 0 Å². The third-order valence-electron chi connectivity index (χ3n) is 3.42. The number of nitrogens with zero attached hydrogens (tertiary/aromatic N) is 1. The fourth-order valence-corrected chi connectivity index (χ4v) is 2.46. The highest BCUT2D eigenvalue weighted by atomic mass is 35.5. The maximum Gasteiger partial charge on any atom is 0.233 e. The van der Waals surface area contributed by atoms with Gasteiger partial charge in [-0.05, 0) is 25.0 Å². The summed E-state index contributed by atoms with van der Waals surface area (Å²) in [5.41, 5.74) is 5.32. The number of rotatable bonds is 3. The van der Waals surface area contributed by atoms with Crippen LogP contribution in [0.5, 0.6) is 0 Å². The molecule has 0 bridgehead atoms. The first-order valence-electron chi connectivity index (χ1n) is 5.80. The number of halogens is 1. The first-order chi connectivity index (χ1) is 8.18. The summed E-state index contributed by atoms with van der Waals surface area (Å²) in [5, 5.41) is 3.23. The molecule has 17 heavy (non-hydrogen) atoms. The van der Waals surface area contributed by atoms with Crippen LogP contribution in [0.4, 0.5) is 5.82 Å². The molecule has 0 saturated heterocycles. The molecule has 0 unspecified atom stereocenters. The van der Waals surface area contributed by atoms with Crippen molar-refractivity contribution >= 4 is 23.3 Å². The molecule has 1 saturated carbocycles. The van der Waals surface area contributed by atoms with E-state index in [0.29, 0.717) is 17.4 Å². The number of pyridine rings is 1. The largest absolute Gasteiger partial charge is 0.329 e. The molecule has 1 aliphatic carbocycles. The number of amides is 1. The smallest absolute Gasteiger partial charge is 0.233 e. The van der Waals surface area contributed by atoms with Crippen LogP contribution >= 0.6 is 11.6 Å². The predicted octanol–water partition coefficient (Wildman–Crippen LogP) is 2.19. The summed E-state index contributed by atoms with van der Waals surface area (Å²) >= 11 is 5.96. The third-order valence-corrected chi connectivity index (χ3v) is 3.73. The number of nitrogens with one attached hydrogen (secondary N) is 1. The van der Waals surface area contributed by atoms with Crippen molar-refractivity contribution in [2.75, 3.05) is 11.9 Å². The minimum Gasteiger partial charge on any atom is -0.329 e. The molecule has 1 amide bonds. The van der Waals surface area contributed by atoms with E-state index in [-0.39, 0.29) is 5.91 Å². The molecule has 1 heterocycles. The van der Waals surface area contributed by atoms with E-state index in [0.717, 1.165) is 25.7 Å². The second-order valence-electron chi connectivity index (χ2n) is 4.48. The second-order valence-corrected chi connectivity index (χ2v) is 4.89. The zero-order valence-electron chi connectivity index (χ0n) is 9.58. The van der Waals surface area contributed by atoms with E-state index in [1.54, 1.807) is 18.3 Å². The summed E-state index contributed by atoms with van der Waals surface area (Å²) < 4.78 is 0. The van der Waals surface area contributed by atoms with Crippen molar-refractivity contribution in [3.63, 3.8) is 0 Å². The van der Waals surface area contributed by atoms with Crippen molar-refractivity contribution in [2.45, 2.75) is 25.7 Å². The molecule has 1 aliphatic rings. The van der Waals surface area contributed by atoms with Gasteiger partial charge in [0.2, 0.25) is 5.91 Å². The van der Waals surface area contributed by atoms with Gasteiger partial charge in [0.15, 0.2) is 5.82 Å². The van der Waals surface area contributed by atoms with E-state index in [1.165, 1.54) is 0 Å². The Kier molecular flexibility index (Phi) is 3.64. The molecule has 92 valence electrons. The van der Waals surface area contributed by atoms with Crippen LogP contribution in [0, 0.1) is 5.41 Å². The van der Waals surface area contributed by atoms with Crippen LogP contribution < -0.4 is 11.1 Å². The summed E-state index contributed by atoms with van der Waals surface area (Å²) in [6.07, 6.45) is 5.41. The van der Waals surface area contributed by atoms with Gasteiger partial charge in [-0.3, -0.25) is 4.79 Å². The zero-order valence-corrected chi connectivity index (χ0v) is 10.3. The highest BCUT2D eigenvalue weighted by Crippen LogP contribution is 2.38. The van der Waals surface area contributed by atoms with Gasteiger partial charge in [0, 0.05) is 12.7 Å². The maximum absolute atomic E-state index is 12.2. The van der Waals surface area contributed by atoms with Gasteiger partial charge in [0.25, 0.3) is 0 Å². The lowest BCUT2D eigenvalue weighted by Gasteiger charge is -2.25. The number of hydrogen-bond donors (Lipinski definition) is 2. The van der Waals surface area contributed by atoms with Crippen LogP contribution in [0.1, 0.15) is 25.7 Å². The Bertz CT molecular complexity index is 416. The molecule has 0 atom stereocenters. The van der Waals surface area contributed by atoms with Gasteiger partial charge in [-0.15, -0.1) is 0 Å². The van der Waals surface area contributed by atoms with Crippen molar-refractivity contribution in [3.8, 4) is 0 Å². The average molecular weight is 254 g/mol. The predicted molar refractivity (Wildman–Crippen MR) is 67.8 cm³/mol. The molecule has 0 radical (unpaired) electrons. The molecular weight excluding hydrogens is 238 g/mol. The highest BCUT2D eigenvalue weighted by molar-refractivity contribution is 6.33. The van der Waals surface area contributed by atoms with Crippen molar-refractivity contribution < 1.29 is 4.79 Å². The number of aromatic nitrogens is 1. The van der Waals surface area contributed by atoms with Crippen LogP contribution in [0.3, 0.4) is 0 Å². The van der Waals surface area contributed by atoms with Crippen LogP contribution in [0.2, 0.25) is 5.02 Å². The SMILES string of the molecule is NCC1(C(=O)Nc2ncccc2Cl)CCCC1. The maximum atomic E-state index is 12.2. The number of nitrogens with two attached hydrogens (primary N) is 1. The molecule has 2 rings (SSSR count). The molecule has 0 aromatic carbocycles. The van der Waals surface area contributed by atoms with Gasteiger partial charge in [-0.25, -0.2) is 4.98 Å². The average Bonchev–Trinajstić information content (AvgIpc) is 2.82. The lowest BCUT2D eigenvalue weighted by Crippen LogP contribution is -2.40. The Morgan fingerprint density at radius 2 is 2.24 bits per heavy atom. The van der Waals surface area contributed by atoms with Crippen LogP contribution in [0.15, 0.2) is 18.3 Å². The minimum absolute atomic E-state index is 0.0573. The van der Waals surface area contributed by atoms with Gasteiger partial charge in [0.1, 0.15) is 0 Å². The fraction of sp³-hybridized carbons (Fsp3) is 0.500. The van der Waals surface area contributed by atoms with Gasteiger partial charge < -0.3 is 11.1 Å². The molecule has 1 fully saturated rings. The van der Waals surface area contributed by atoms with Gasteiger partial charge in [-0.2, -0.15) is 0 Å². The van der Waals surface area contributed by atoms with Crippen LogP contribution in [0.25, 0.3) is 0 Å². The van der Waals surface area contributed by atoms with Gasteiger partial charge in [-0.1, -0.05) is 24.4 Å². The number of anilines is 1. The van der Waals surface area contributed by atoms with Crippen molar-refractivity contribution in [3.05, 3.63) is 23.4 Å². The quantitative estimate of drug-likeness (QED) is 0.868. The fourth-order valence-electron chi connectivity index (χ4n) is 2.29. The Morgan fingerprint density at radius 1 is 1.53 bits per heavy atom. The summed E-state index contributed by atoms with van der Waals surface area (Å²) in [5.74, 6) is 0.358. The van der Waals surface area contributed by atoms with E-state index in [2.05, 4.69) is 10.3 Å². The monoisotopic (exact) mass is 253 g/mol. The summed E-state index contributed by atoms with van der Waals surface area (Å²) in [4.78, 5) is 16.3. The number of carbonyl (C=O) groups is 1. The first-order valence-corrected chi connectivity index (χ1v) is 6.18. The molecule has 0 aliphatic heterocycles. The number of carbonyl (C=O) groups excluding carboxylic acids is 1. The molecule has 4 nitrogen and oxygen atoms in total. The second kappa shape index (κ2) is 5.02. The summed E-state index contributed by atoms with van der Waals surface area (Å²) in [7, 11) is 0. The lowest BCUT2D eigenvalue weighted by atomic mass is 9.85. The highest BCUT2D eigenvalue weighted by Gasteiger charge is 2.40. The lowest BCUT2D eigenvalue weighted by molar-refractivity contribution is -0.124. The van der Waals surface area contributed by atoms with E-state index in [1.807, 2.05) is 0 Å². The molecular formula is C12H16ClN3O.